The van der Waals surface area contributed by atoms with E-state index in [1.54, 1.807) is 6.92 Å². The van der Waals surface area contributed by atoms with E-state index in [-0.39, 0.29) is 6.10 Å². The fraction of sp³-hybridized carbons (Fsp3) is 0.571. The normalized spacial score (nSPS) is 13.5. The molecule has 1 atom stereocenters. The van der Waals surface area contributed by atoms with Gasteiger partial charge in [-0.3, -0.25) is 5.10 Å². The van der Waals surface area contributed by atoms with Crippen LogP contribution in [0.2, 0.25) is 0 Å². The van der Waals surface area contributed by atoms with Crippen molar-refractivity contribution in [3.05, 3.63) is 17.5 Å². The number of H-pyrrole nitrogens is 1. The van der Waals surface area contributed by atoms with Crippen molar-refractivity contribution in [1.29, 1.82) is 0 Å². The molecular weight excluding hydrogens is 128 g/mol. The van der Waals surface area contributed by atoms with Crippen LogP contribution in [0.15, 0.2) is 6.07 Å². The monoisotopic (exact) mass is 140 g/mol. The minimum absolute atomic E-state index is 0.303. The molecule has 56 valence electrons. The molecule has 0 aromatic carbocycles. The van der Waals surface area contributed by atoms with E-state index in [4.69, 9.17) is 5.11 Å². The predicted molar refractivity (Wildman–Crippen MR) is 38.7 cm³/mol. The zero-order valence-corrected chi connectivity index (χ0v) is 6.26. The smallest absolute Gasteiger partial charge is 0.0650 e. The second-order valence-corrected chi connectivity index (χ2v) is 2.60. The highest BCUT2D eigenvalue weighted by Gasteiger charge is 2.00. The first-order chi connectivity index (χ1) is 4.68. The molecule has 1 aromatic heterocycles. The van der Waals surface area contributed by atoms with Crippen molar-refractivity contribution < 1.29 is 5.11 Å². The summed E-state index contributed by atoms with van der Waals surface area (Å²) >= 11 is 0. The summed E-state index contributed by atoms with van der Waals surface area (Å²) in [5, 5.41) is 15.7. The largest absolute Gasteiger partial charge is 0.393 e. The fourth-order valence-electron chi connectivity index (χ4n) is 0.882. The van der Waals surface area contributed by atoms with E-state index in [0.29, 0.717) is 6.42 Å². The van der Waals surface area contributed by atoms with Gasteiger partial charge in [-0.25, -0.2) is 0 Å². The summed E-state index contributed by atoms with van der Waals surface area (Å²) in [5.74, 6) is 0. The van der Waals surface area contributed by atoms with Crippen LogP contribution in [0.25, 0.3) is 0 Å². The van der Waals surface area contributed by atoms with Gasteiger partial charge in [0.2, 0.25) is 0 Å². The van der Waals surface area contributed by atoms with Crippen LogP contribution >= 0.6 is 0 Å². The molecular formula is C7H12N2O. The number of aromatic amines is 1. The summed E-state index contributed by atoms with van der Waals surface area (Å²) in [4.78, 5) is 0. The van der Waals surface area contributed by atoms with E-state index in [0.717, 1.165) is 11.4 Å². The second-order valence-electron chi connectivity index (χ2n) is 2.60. The summed E-state index contributed by atoms with van der Waals surface area (Å²) in [7, 11) is 0. The van der Waals surface area contributed by atoms with Gasteiger partial charge < -0.3 is 5.11 Å². The van der Waals surface area contributed by atoms with Gasteiger partial charge in [0.25, 0.3) is 0 Å². The van der Waals surface area contributed by atoms with Gasteiger partial charge in [0.15, 0.2) is 0 Å². The molecule has 3 nitrogen and oxygen atoms in total. The van der Waals surface area contributed by atoms with Crippen molar-refractivity contribution in [3.63, 3.8) is 0 Å². The Bertz CT molecular complexity index is 205. The quantitative estimate of drug-likeness (QED) is 0.633. The molecule has 1 aromatic rings. The molecule has 1 heterocycles. The first kappa shape index (κ1) is 7.28. The van der Waals surface area contributed by atoms with Crippen molar-refractivity contribution in [2.45, 2.75) is 26.4 Å². The van der Waals surface area contributed by atoms with Crippen molar-refractivity contribution in [2.75, 3.05) is 0 Å². The van der Waals surface area contributed by atoms with Crippen molar-refractivity contribution >= 4 is 0 Å². The van der Waals surface area contributed by atoms with Gasteiger partial charge in [0.05, 0.1) is 11.8 Å². The van der Waals surface area contributed by atoms with Gasteiger partial charge in [0, 0.05) is 12.1 Å². The number of nitrogens with zero attached hydrogens (tertiary/aromatic N) is 1. The molecule has 1 rings (SSSR count). The molecule has 0 bridgehead atoms. The highest BCUT2D eigenvalue weighted by atomic mass is 16.3. The lowest BCUT2D eigenvalue weighted by Crippen LogP contribution is -2.04. The predicted octanol–water partition coefficient (Wildman–Crippen LogP) is 0.641. The SMILES string of the molecule is Cc1cc(CC(C)O)n[nH]1. The Kier molecular flexibility index (Phi) is 2.06. The summed E-state index contributed by atoms with van der Waals surface area (Å²) in [6.45, 7) is 3.70. The maximum atomic E-state index is 8.96. The Balaban J connectivity index is 2.58. The third kappa shape index (κ3) is 1.84. The van der Waals surface area contributed by atoms with Crippen LogP contribution in [0.5, 0.6) is 0 Å². The first-order valence-electron chi connectivity index (χ1n) is 3.37. The molecule has 0 spiro atoms. The maximum Gasteiger partial charge on any atom is 0.0650 e. The fourth-order valence-corrected chi connectivity index (χ4v) is 0.882. The van der Waals surface area contributed by atoms with E-state index in [1.807, 2.05) is 13.0 Å². The van der Waals surface area contributed by atoms with E-state index in [1.165, 1.54) is 0 Å². The molecule has 1 unspecified atom stereocenters. The van der Waals surface area contributed by atoms with E-state index >= 15 is 0 Å². The average molecular weight is 140 g/mol. The molecule has 0 saturated heterocycles. The van der Waals surface area contributed by atoms with Crippen LogP contribution < -0.4 is 0 Å². The Labute approximate surface area is 60.1 Å². The highest BCUT2D eigenvalue weighted by molar-refractivity contribution is 5.07. The van der Waals surface area contributed by atoms with Crippen LogP contribution in [-0.2, 0) is 6.42 Å². The van der Waals surface area contributed by atoms with Gasteiger partial charge >= 0.3 is 0 Å². The topological polar surface area (TPSA) is 48.9 Å². The summed E-state index contributed by atoms with van der Waals surface area (Å²) in [6, 6.07) is 1.94. The lowest BCUT2D eigenvalue weighted by atomic mass is 10.2. The number of aromatic nitrogens is 2. The number of hydrogen-bond acceptors (Lipinski definition) is 2. The molecule has 0 aliphatic carbocycles. The Hall–Kier alpha value is -0.830. The van der Waals surface area contributed by atoms with Crippen LogP contribution in [-0.4, -0.2) is 21.4 Å². The lowest BCUT2D eigenvalue weighted by molar-refractivity contribution is 0.194. The summed E-state index contributed by atoms with van der Waals surface area (Å²) in [6.07, 6.45) is 0.326. The summed E-state index contributed by atoms with van der Waals surface area (Å²) in [5.41, 5.74) is 1.96. The van der Waals surface area contributed by atoms with Gasteiger partial charge in [0.1, 0.15) is 0 Å². The molecule has 3 heteroatoms. The van der Waals surface area contributed by atoms with Gasteiger partial charge in [-0.2, -0.15) is 5.10 Å². The average Bonchev–Trinajstić information content (AvgIpc) is 2.13. The Morgan fingerprint density at radius 3 is 2.90 bits per heavy atom. The van der Waals surface area contributed by atoms with Crippen LogP contribution in [0.4, 0.5) is 0 Å². The second kappa shape index (κ2) is 2.84. The van der Waals surface area contributed by atoms with Crippen LogP contribution in [0, 0.1) is 6.92 Å². The number of aliphatic hydroxyl groups is 1. The van der Waals surface area contributed by atoms with E-state index in [9.17, 15) is 0 Å². The number of aliphatic hydroxyl groups excluding tert-OH is 1. The summed E-state index contributed by atoms with van der Waals surface area (Å²) < 4.78 is 0. The van der Waals surface area contributed by atoms with Crippen molar-refractivity contribution in [2.24, 2.45) is 0 Å². The van der Waals surface area contributed by atoms with E-state index < -0.39 is 0 Å². The minimum Gasteiger partial charge on any atom is -0.393 e. The maximum absolute atomic E-state index is 8.96. The van der Waals surface area contributed by atoms with Crippen molar-refractivity contribution in [1.82, 2.24) is 10.2 Å². The molecule has 0 aliphatic heterocycles. The number of aryl methyl sites for hydroxylation is 1. The molecule has 0 fully saturated rings. The van der Waals surface area contributed by atoms with Gasteiger partial charge in [-0.1, -0.05) is 0 Å². The third-order valence-corrected chi connectivity index (χ3v) is 1.26. The Morgan fingerprint density at radius 2 is 2.50 bits per heavy atom. The Morgan fingerprint density at radius 1 is 1.80 bits per heavy atom. The standard InChI is InChI=1S/C7H12N2O/c1-5-3-7(9-8-5)4-6(2)10/h3,6,10H,4H2,1-2H3,(H,8,9). The number of nitrogens with one attached hydrogen (secondary N) is 1. The molecule has 0 saturated carbocycles. The first-order valence-corrected chi connectivity index (χ1v) is 3.37. The van der Waals surface area contributed by atoms with Crippen LogP contribution in [0.3, 0.4) is 0 Å². The van der Waals surface area contributed by atoms with Crippen molar-refractivity contribution in [3.8, 4) is 0 Å². The molecule has 0 amide bonds. The van der Waals surface area contributed by atoms with Gasteiger partial charge in [-0.05, 0) is 19.9 Å². The number of rotatable bonds is 2. The highest BCUT2D eigenvalue weighted by Crippen LogP contribution is 2.00. The molecule has 2 N–H and O–H groups in total. The molecule has 0 aliphatic rings. The number of hydrogen-bond donors (Lipinski definition) is 2. The molecule has 10 heavy (non-hydrogen) atoms. The molecule has 0 radical (unpaired) electrons. The zero-order valence-electron chi connectivity index (χ0n) is 6.26. The minimum atomic E-state index is -0.303. The van der Waals surface area contributed by atoms with Gasteiger partial charge in [-0.15, -0.1) is 0 Å². The zero-order chi connectivity index (χ0) is 7.56. The van der Waals surface area contributed by atoms with Crippen LogP contribution in [0.1, 0.15) is 18.3 Å². The lowest BCUT2D eigenvalue weighted by Gasteiger charge is -1.97. The third-order valence-electron chi connectivity index (χ3n) is 1.26. The van der Waals surface area contributed by atoms with E-state index in [2.05, 4.69) is 10.2 Å².